The van der Waals surface area contributed by atoms with Crippen molar-refractivity contribution in [2.45, 2.75) is 70.8 Å². The van der Waals surface area contributed by atoms with Crippen LogP contribution in [0.1, 0.15) is 69.8 Å². The van der Waals surface area contributed by atoms with Gasteiger partial charge in [0.25, 0.3) is 0 Å². The molecule has 0 spiro atoms. The molecule has 0 saturated heterocycles. The number of allylic oxidation sites excluding steroid dienone is 2. The van der Waals surface area contributed by atoms with Crippen LogP contribution in [-0.4, -0.2) is 6.61 Å². The maximum absolute atomic E-state index is 14.0. The number of fused-ring (bicyclic) bond motifs is 1. The summed E-state index contributed by atoms with van der Waals surface area (Å²) in [6.45, 7) is -0.915. The first-order valence-corrected chi connectivity index (χ1v) is 9.92. The fourth-order valence-corrected chi connectivity index (χ4v) is 5.01. The maximum Gasteiger partial charge on any atom is 0.387 e. The Morgan fingerprint density at radius 2 is 1.88 bits per heavy atom. The molecule has 4 unspecified atom stereocenters. The zero-order valence-electron chi connectivity index (χ0n) is 15.5. The van der Waals surface area contributed by atoms with Gasteiger partial charge in [-0.05, 0) is 93.2 Å². The van der Waals surface area contributed by atoms with Crippen LogP contribution in [0, 0.1) is 23.6 Å². The molecule has 144 valence electrons. The Morgan fingerprint density at radius 3 is 2.62 bits per heavy atom. The first-order valence-electron chi connectivity index (χ1n) is 9.92. The van der Waals surface area contributed by atoms with E-state index in [4.69, 9.17) is 0 Å². The molecule has 0 aromatic heterocycles. The van der Waals surface area contributed by atoms with Gasteiger partial charge in [-0.25, -0.2) is 4.39 Å². The normalized spacial score (nSPS) is 29.1. The third-order valence-electron chi connectivity index (χ3n) is 6.34. The number of benzene rings is 1. The van der Waals surface area contributed by atoms with E-state index in [0.717, 1.165) is 36.2 Å². The van der Waals surface area contributed by atoms with Crippen LogP contribution in [0.25, 0.3) is 0 Å². The monoisotopic (exact) mass is 366 g/mol. The fraction of sp³-hybridized carbons (Fsp3) is 0.636. The molecule has 3 rings (SSSR count). The minimum absolute atomic E-state index is 0.339. The molecule has 2 aliphatic carbocycles. The molecule has 0 N–H and O–H groups in total. The smallest absolute Gasteiger partial charge is 0.387 e. The van der Waals surface area contributed by atoms with E-state index in [1.807, 2.05) is 0 Å². The largest absolute Gasteiger partial charge is 0.432 e. The Bertz CT molecular complexity index is 613. The highest BCUT2D eigenvalue weighted by molar-refractivity contribution is 5.31. The Kier molecular flexibility index (Phi) is 6.66. The van der Waals surface area contributed by atoms with E-state index in [9.17, 15) is 13.2 Å². The topological polar surface area (TPSA) is 9.23 Å². The van der Waals surface area contributed by atoms with Crippen molar-refractivity contribution in [3.63, 3.8) is 0 Å². The summed E-state index contributed by atoms with van der Waals surface area (Å²) in [7, 11) is 0. The predicted molar refractivity (Wildman–Crippen MR) is 98.0 cm³/mol. The molecule has 2 aliphatic rings. The van der Waals surface area contributed by atoms with Crippen LogP contribution in [0.5, 0.6) is 5.75 Å². The van der Waals surface area contributed by atoms with E-state index in [1.54, 1.807) is 6.07 Å². The number of hydrogen-bond donors (Lipinski definition) is 0. The number of alkyl halides is 2. The predicted octanol–water partition coefficient (Wildman–Crippen LogP) is 7.08. The van der Waals surface area contributed by atoms with Gasteiger partial charge in [0.2, 0.25) is 0 Å². The zero-order valence-corrected chi connectivity index (χ0v) is 15.5. The Labute approximate surface area is 154 Å². The van der Waals surface area contributed by atoms with Crippen LogP contribution < -0.4 is 4.74 Å². The fourth-order valence-electron chi connectivity index (χ4n) is 5.01. The van der Waals surface area contributed by atoms with Gasteiger partial charge in [-0.2, -0.15) is 8.78 Å². The number of halogens is 3. The van der Waals surface area contributed by atoms with Gasteiger partial charge < -0.3 is 4.74 Å². The Hall–Kier alpha value is -1.45. The summed E-state index contributed by atoms with van der Waals surface area (Å²) in [5.41, 5.74) is 0.928. The molecule has 2 fully saturated rings. The minimum atomic E-state index is -2.99. The summed E-state index contributed by atoms with van der Waals surface area (Å²) in [6.07, 6.45) is 14.2. The molecule has 2 saturated carbocycles. The molecule has 0 heterocycles. The van der Waals surface area contributed by atoms with Crippen molar-refractivity contribution in [3.8, 4) is 5.75 Å². The summed E-state index contributed by atoms with van der Waals surface area (Å²) in [6, 6.07) is 4.50. The quantitative estimate of drug-likeness (QED) is 0.489. The average molecular weight is 366 g/mol. The molecule has 1 nitrogen and oxygen atoms in total. The van der Waals surface area contributed by atoms with Crippen molar-refractivity contribution in [2.24, 2.45) is 17.8 Å². The lowest BCUT2D eigenvalue weighted by Gasteiger charge is -2.42. The molecule has 4 heteroatoms. The van der Waals surface area contributed by atoms with E-state index >= 15 is 0 Å². The lowest BCUT2D eigenvalue weighted by Crippen LogP contribution is -2.30. The van der Waals surface area contributed by atoms with Gasteiger partial charge in [0.15, 0.2) is 11.6 Å². The highest BCUT2D eigenvalue weighted by Crippen LogP contribution is 2.48. The standard InChI is InChI=1S/C22H29F3O/c1-2-3-4-5-15-6-7-17-13-18(9-8-16(17)12-15)19-10-11-21(20(23)14-19)26-22(24)25/h2-3,10-11,14-18,22H,4-9,12-13H2,1H3/b3-2+. The molecule has 0 radical (unpaired) electrons. The van der Waals surface area contributed by atoms with Crippen molar-refractivity contribution in [1.29, 1.82) is 0 Å². The van der Waals surface area contributed by atoms with E-state index in [1.165, 1.54) is 50.7 Å². The van der Waals surface area contributed by atoms with E-state index in [-0.39, 0.29) is 5.75 Å². The van der Waals surface area contributed by atoms with Crippen molar-refractivity contribution in [2.75, 3.05) is 0 Å². The molecule has 0 bridgehead atoms. The third kappa shape index (κ3) is 4.83. The van der Waals surface area contributed by atoms with Gasteiger partial charge in [-0.1, -0.05) is 24.6 Å². The molecule has 1 aromatic rings. The van der Waals surface area contributed by atoms with Crippen LogP contribution in [0.15, 0.2) is 30.4 Å². The summed E-state index contributed by atoms with van der Waals surface area (Å²) in [5, 5.41) is 0. The number of ether oxygens (including phenoxy) is 1. The maximum atomic E-state index is 14.0. The van der Waals surface area contributed by atoms with Gasteiger partial charge in [0.05, 0.1) is 0 Å². The highest BCUT2D eigenvalue weighted by Gasteiger charge is 2.35. The Balaban J connectivity index is 1.57. The minimum Gasteiger partial charge on any atom is -0.432 e. The average Bonchev–Trinajstić information content (AvgIpc) is 2.63. The van der Waals surface area contributed by atoms with E-state index < -0.39 is 12.4 Å². The van der Waals surface area contributed by atoms with Crippen LogP contribution in [-0.2, 0) is 0 Å². The van der Waals surface area contributed by atoms with Crippen LogP contribution in [0.2, 0.25) is 0 Å². The number of hydrogen-bond acceptors (Lipinski definition) is 1. The first-order chi connectivity index (χ1) is 12.6. The molecule has 0 amide bonds. The van der Waals surface area contributed by atoms with Crippen molar-refractivity contribution >= 4 is 0 Å². The molecule has 26 heavy (non-hydrogen) atoms. The van der Waals surface area contributed by atoms with Gasteiger partial charge in [-0.15, -0.1) is 0 Å². The summed E-state index contributed by atoms with van der Waals surface area (Å²) < 4.78 is 42.8. The molecular formula is C22H29F3O. The lowest BCUT2D eigenvalue weighted by molar-refractivity contribution is -0.0522. The zero-order chi connectivity index (χ0) is 18.5. The van der Waals surface area contributed by atoms with E-state index in [0.29, 0.717) is 5.92 Å². The van der Waals surface area contributed by atoms with Crippen molar-refractivity contribution in [1.82, 2.24) is 0 Å². The number of rotatable bonds is 6. The SMILES string of the molecule is C/C=C/CCC1CCC2CC(c3ccc(OC(F)F)c(F)c3)CCC2C1. The first kappa shape index (κ1) is 19.3. The van der Waals surface area contributed by atoms with Gasteiger partial charge in [0.1, 0.15) is 0 Å². The summed E-state index contributed by atoms with van der Waals surface area (Å²) in [5.74, 6) is 1.68. The second kappa shape index (κ2) is 8.96. The van der Waals surface area contributed by atoms with Crippen LogP contribution >= 0.6 is 0 Å². The molecule has 0 aliphatic heterocycles. The molecular weight excluding hydrogens is 337 g/mol. The van der Waals surface area contributed by atoms with Crippen LogP contribution in [0.4, 0.5) is 13.2 Å². The van der Waals surface area contributed by atoms with Gasteiger partial charge in [0, 0.05) is 0 Å². The second-order valence-electron chi connectivity index (χ2n) is 7.92. The van der Waals surface area contributed by atoms with Gasteiger partial charge in [-0.3, -0.25) is 0 Å². The van der Waals surface area contributed by atoms with Crippen LogP contribution in [0.3, 0.4) is 0 Å². The lowest BCUT2D eigenvalue weighted by atomic mass is 9.63. The van der Waals surface area contributed by atoms with E-state index in [2.05, 4.69) is 23.8 Å². The van der Waals surface area contributed by atoms with Gasteiger partial charge >= 0.3 is 6.61 Å². The third-order valence-corrected chi connectivity index (χ3v) is 6.34. The highest BCUT2D eigenvalue weighted by atomic mass is 19.3. The summed E-state index contributed by atoms with van der Waals surface area (Å²) >= 11 is 0. The summed E-state index contributed by atoms with van der Waals surface area (Å²) in [4.78, 5) is 0. The Morgan fingerprint density at radius 1 is 1.12 bits per heavy atom. The molecule has 4 atom stereocenters. The second-order valence-corrected chi connectivity index (χ2v) is 7.92. The van der Waals surface area contributed by atoms with Crippen molar-refractivity contribution in [3.05, 3.63) is 41.7 Å². The van der Waals surface area contributed by atoms with Crippen molar-refractivity contribution < 1.29 is 17.9 Å². The molecule has 1 aromatic carbocycles.